The first-order valence-corrected chi connectivity index (χ1v) is 5.68. The van der Waals surface area contributed by atoms with Gasteiger partial charge < -0.3 is 18.9 Å². The fourth-order valence-electron chi connectivity index (χ4n) is 1.60. The molecule has 0 N–H and O–H groups in total. The molecule has 0 saturated carbocycles. The average Bonchev–Trinajstić information content (AvgIpc) is 2.50. The molecule has 0 radical (unpaired) electrons. The molecule has 20 heavy (non-hydrogen) atoms. The van der Waals surface area contributed by atoms with Crippen molar-refractivity contribution in [3.8, 4) is 17.2 Å². The lowest BCUT2D eigenvalue weighted by Crippen LogP contribution is -2.04. The van der Waals surface area contributed by atoms with Crippen molar-refractivity contribution in [1.82, 2.24) is 0 Å². The SMILES string of the molecule is COC(=O)/C=C/C(=O)c1ccc(OC)c(OC)c1OC. The van der Waals surface area contributed by atoms with Gasteiger partial charge in [-0.05, 0) is 18.2 Å². The lowest BCUT2D eigenvalue weighted by Gasteiger charge is -2.14. The van der Waals surface area contributed by atoms with Crippen molar-refractivity contribution in [3.63, 3.8) is 0 Å². The number of ketones is 1. The van der Waals surface area contributed by atoms with Crippen LogP contribution in [-0.2, 0) is 9.53 Å². The van der Waals surface area contributed by atoms with Crippen molar-refractivity contribution < 1.29 is 28.5 Å². The highest BCUT2D eigenvalue weighted by Crippen LogP contribution is 2.39. The Morgan fingerprint density at radius 2 is 1.55 bits per heavy atom. The number of rotatable bonds is 6. The van der Waals surface area contributed by atoms with Crippen LogP contribution in [0, 0.1) is 0 Å². The van der Waals surface area contributed by atoms with Gasteiger partial charge >= 0.3 is 5.97 Å². The number of hydrogen-bond donors (Lipinski definition) is 0. The molecule has 0 aliphatic rings. The summed E-state index contributed by atoms with van der Waals surface area (Å²) >= 11 is 0. The smallest absolute Gasteiger partial charge is 0.330 e. The van der Waals surface area contributed by atoms with E-state index in [9.17, 15) is 9.59 Å². The molecule has 6 heteroatoms. The fourth-order valence-corrected chi connectivity index (χ4v) is 1.60. The van der Waals surface area contributed by atoms with Crippen LogP contribution in [0.25, 0.3) is 0 Å². The maximum absolute atomic E-state index is 12.0. The Bertz CT molecular complexity index is 533. The van der Waals surface area contributed by atoms with Crippen LogP contribution in [0.15, 0.2) is 24.3 Å². The number of ether oxygens (including phenoxy) is 4. The Kier molecular flexibility index (Phi) is 5.58. The molecule has 1 aromatic carbocycles. The average molecular weight is 280 g/mol. The highest BCUT2D eigenvalue weighted by molar-refractivity contribution is 6.09. The third kappa shape index (κ3) is 3.28. The molecule has 0 atom stereocenters. The molecule has 1 aromatic rings. The Hall–Kier alpha value is -2.50. The summed E-state index contributed by atoms with van der Waals surface area (Å²) in [5.41, 5.74) is 0.255. The van der Waals surface area contributed by atoms with Gasteiger partial charge in [0, 0.05) is 6.08 Å². The van der Waals surface area contributed by atoms with E-state index < -0.39 is 11.8 Å². The predicted octanol–water partition coefficient (Wildman–Crippen LogP) is 1.62. The van der Waals surface area contributed by atoms with E-state index in [1.165, 1.54) is 34.5 Å². The molecule has 1 rings (SSSR count). The van der Waals surface area contributed by atoms with Gasteiger partial charge in [0.2, 0.25) is 5.75 Å². The first-order chi connectivity index (χ1) is 9.58. The molecule has 0 amide bonds. The van der Waals surface area contributed by atoms with Crippen LogP contribution in [0.1, 0.15) is 10.4 Å². The third-order valence-corrected chi connectivity index (χ3v) is 2.54. The van der Waals surface area contributed by atoms with Crippen molar-refractivity contribution in [2.45, 2.75) is 0 Å². The Labute approximate surface area is 116 Å². The molecule has 0 saturated heterocycles. The second-order valence-corrected chi connectivity index (χ2v) is 3.60. The molecular weight excluding hydrogens is 264 g/mol. The third-order valence-electron chi connectivity index (χ3n) is 2.54. The van der Waals surface area contributed by atoms with E-state index in [-0.39, 0.29) is 11.3 Å². The molecule has 6 nitrogen and oxygen atoms in total. The van der Waals surface area contributed by atoms with Crippen LogP contribution in [0.2, 0.25) is 0 Å². The number of methoxy groups -OCH3 is 4. The molecule has 0 aliphatic carbocycles. The number of carbonyl (C=O) groups excluding carboxylic acids is 2. The summed E-state index contributed by atoms with van der Waals surface area (Å²) in [6.07, 6.45) is 2.15. The number of carbonyl (C=O) groups is 2. The summed E-state index contributed by atoms with van der Waals surface area (Å²) < 4.78 is 19.9. The monoisotopic (exact) mass is 280 g/mol. The molecule has 0 heterocycles. The minimum Gasteiger partial charge on any atom is -0.493 e. The summed E-state index contributed by atoms with van der Waals surface area (Å²) in [5, 5.41) is 0. The predicted molar refractivity (Wildman–Crippen MR) is 71.6 cm³/mol. The van der Waals surface area contributed by atoms with E-state index in [1.807, 2.05) is 0 Å². The van der Waals surface area contributed by atoms with Gasteiger partial charge in [-0.2, -0.15) is 0 Å². The van der Waals surface area contributed by atoms with Gasteiger partial charge in [-0.1, -0.05) is 0 Å². The first-order valence-electron chi connectivity index (χ1n) is 5.68. The summed E-state index contributed by atoms with van der Waals surface area (Å²) in [4.78, 5) is 23.0. The first kappa shape index (κ1) is 15.6. The molecular formula is C14H16O6. The summed E-state index contributed by atoms with van der Waals surface area (Å²) in [6.45, 7) is 0. The number of hydrogen-bond acceptors (Lipinski definition) is 6. The van der Waals surface area contributed by atoms with Crippen molar-refractivity contribution in [3.05, 3.63) is 29.8 Å². The Morgan fingerprint density at radius 3 is 2.05 bits per heavy atom. The van der Waals surface area contributed by atoms with E-state index in [2.05, 4.69) is 4.74 Å². The molecule has 0 spiro atoms. The van der Waals surface area contributed by atoms with Gasteiger partial charge in [-0.15, -0.1) is 0 Å². The van der Waals surface area contributed by atoms with Crippen LogP contribution in [0.5, 0.6) is 17.2 Å². The molecule has 0 aromatic heterocycles. The molecule has 0 bridgehead atoms. The van der Waals surface area contributed by atoms with Crippen molar-refractivity contribution in [1.29, 1.82) is 0 Å². The lowest BCUT2D eigenvalue weighted by molar-refractivity contribution is -0.134. The minimum atomic E-state index is -0.613. The van der Waals surface area contributed by atoms with Gasteiger partial charge in [-0.25, -0.2) is 4.79 Å². The second-order valence-electron chi connectivity index (χ2n) is 3.60. The Balaban J connectivity index is 3.21. The van der Waals surface area contributed by atoms with Gasteiger partial charge in [0.15, 0.2) is 17.3 Å². The zero-order valence-electron chi connectivity index (χ0n) is 11.8. The van der Waals surface area contributed by atoms with Crippen molar-refractivity contribution in [2.24, 2.45) is 0 Å². The van der Waals surface area contributed by atoms with Gasteiger partial charge in [-0.3, -0.25) is 4.79 Å². The molecule has 108 valence electrons. The largest absolute Gasteiger partial charge is 0.493 e. The zero-order valence-corrected chi connectivity index (χ0v) is 11.8. The highest BCUT2D eigenvalue weighted by Gasteiger charge is 2.19. The second kappa shape index (κ2) is 7.18. The standard InChI is InChI=1S/C14H16O6/c1-17-11-7-5-9(13(19-3)14(11)20-4)10(15)6-8-12(16)18-2/h5-8H,1-4H3/b8-6+. The van der Waals surface area contributed by atoms with E-state index in [4.69, 9.17) is 14.2 Å². The zero-order chi connectivity index (χ0) is 15.1. The van der Waals surface area contributed by atoms with Crippen LogP contribution in [-0.4, -0.2) is 40.2 Å². The normalized spacial score (nSPS) is 10.2. The van der Waals surface area contributed by atoms with Gasteiger partial charge in [0.05, 0.1) is 34.0 Å². The maximum Gasteiger partial charge on any atom is 0.330 e. The number of allylic oxidation sites excluding steroid dienone is 1. The Morgan fingerprint density at radius 1 is 0.900 bits per heavy atom. The van der Waals surface area contributed by atoms with E-state index in [0.29, 0.717) is 11.5 Å². The van der Waals surface area contributed by atoms with Gasteiger partial charge in [0.1, 0.15) is 0 Å². The highest BCUT2D eigenvalue weighted by atomic mass is 16.5. The van der Waals surface area contributed by atoms with E-state index >= 15 is 0 Å². The number of esters is 1. The van der Waals surface area contributed by atoms with Crippen LogP contribution in [0.4, 0.5) is 0 Å². The van der Waals surface area contributed by atoms with Crippen LogP contribution < -0.4 is 14.2 Å². The van der Waals surface area contributed by atoms with E-state index in [1.54, 1.807) is 6.07 Å². The lowest BCUT2D eigenvalue weighted by atomic mass is 10.1. The summed E-state index contributed by atoms with van der Waals surface area (Å²) in [7, 11) is 5.57. The quantitative estimate of drug-likeness (QED) is 0.448. The maximum atomic E-state index is 12.0. The van der Waals surface area contributed by atoms with E-state index in [0.717, 1.165) is 12.2 Å². The molecule has 0 unspecified atom stereocenters. The summed E-state index contributed by atoms with van der Waals surface area (Å²) in [6, 6.07) is 3.12. The fraction of sp³-hybridized carbons (Fsp3) is 0.286. The van der Waals surface area contributed by atoms with Gasteiger partial charge in [0.25, 0.3) is 0 Å². The van der Waals surface area contributed by atoms with Crippen molar-refractivity contribution >= 4 is 11.8 Å². The van der Waals surface area contributed by atoms with Crippen LogP contribution in [0.3, 0.4) is 0 Å². The number of benzene rings is 1. The van der Waals surface area contributed by atoms with Crippen molar-refractivity contribution in [2.75, 3.05) is 28.4 Å². The molecule has 0 aliphatic heterocycles. The minimum absolute atomic E-state index is 0.242. The van der Waals surface area contributed by atoms with Crippen LogP contribution >= 0.6 is 0 Å². The molecule has 0 fully saturated rings. The topological polar surface area (TPSA) is 71.1 Å². The summed E-state index contributed by atoms with van der Waals surface area (Å²) in [5.74, 6) is -0.0254.